The van der Waals surface area contributed by atoms with Gasteiger partial charge in [0, 0.05) is 31.1 Å². The van der Waals surface area contributed by atoms with Crippen molar-refractivity contribution in [2.45, 2.75) is 39.2 Å². The summed E-state index contributed by atoms with van der Waals surface area (Å²) in [7, 11) is 0. The van der Waals surface area contributed by atoms with Crippen LogP contribution in [0.15, 0.2) is 12.3 Å². The normalized spacial score (nSPS) is 18.6. The molecule has 1 saturated heterocycles. The molecule has 1 atom stereocenters. The lowest BCUT2D eigenvalue weighted by Gasteiger charge is -2.30. The van der Waals surface area contributed by atoms with Crippen LogP contribution in [0.1, 0.15) is 42.2 Å². The lowest BCUT2D eigenvalue weighted by atomic mass is 9.90. The fourth-order valence-electron chi connectivity index (χ4n) is 2.62. The minimum Gasteiger partial charge on any atom is -0.381 e. The van der Waals surface area contributed by atoms with Crippen LogP contribution >= 0.6 is 0 Å². The van der Waals surface area contributed by atoms with Gasteiger partial charge in [-0.1, -0.05) is 6.92 Å². The molecule has 1 aliphatic rings. The second-order valence-corrected chi connectivity index (χ2v) is 4.95. The molecule has 4 nitrogen and oxygen atoms in total. The molecule has 2 heterocycles. The maximum absolute atomic E-state index is 12.2. The standard InChI is InChI=1S/C14H22N2O2/c1-3-13(11-5-8-18-9-6-11)16-14(17)12-4-7-15-10(12)2/h4,7,11,13,15H,3,5-6,8-9H2,1-2H3,(H,16,17)/t13-/m1/s1. The van der Waals surface area contributed by atoms with E-state index in [-0.39, 0.29) is 11.9 Å². The number of aromatic amines is 1. The zero-order valence-corrected chi connectivity index (χ0v) is 11.2. The van der Waals surface area contributed by atoms with Crippen molar-refractivity contribution in [2.75, 3.05) is 13.2 Å². The molecule has 1 aromatic heterocycles. The molecule has 0 radical (unpaired) electrons. The van der Waals surface area contributed by atoms with Crippen LogP contribution in [0.4, 0.5) is 0 Å². The number of carbonyl (C=O) groups is 1. The molecular weight excluding hydrogens is 228 g/mol. The molecule has 0 bridgehead atoms. The van der Waals surface area contributed by atoms with Gasteiger partial charge in [-0.2, -0.15) is 0 Å². The zero-order chi connectivity index (χ0) is 13.0. The second kappa shape index (κ2) is 6.05. The summed E-state index contributed by atoms with van der Waals surface area (Å²) < 4.78 is 5.37. The number of aromatic nitrogens is 1. The van der Waals surface area contributed by atoms with Gasteiger partial charge in [0.2, 0.25) is 0 Å². The van der Waals surface area contributed by atoms with E-state index in [1.165, 1.54) is 0 Å². The van der Waals surface area contributed by atoms with Gasteiger partial charge in [-0.15, -0.1) is 0 Å². The molecule has 0 aromatic carbocycles. The Kier molecular flexibility index (Phi) is 4.42. The molecule has 2 N–H and O–H groups in total. The first-order chi connectivity index (χ1) is 8.72. The van der Waals surface area contributed by atoms with Gasteiger partial charge in [0.15, 0.2) is 0 Å². The summed E-state index contributed by atoms with van der Waals surface area (Å²) in [4.78, 5) is 15.2. The summed E-state index contributed by atoms with van der Waals surface area (Å²) in [6.07, 6.45) is 4.87. The highest BCUT2D eigenvalue weighted by Gasteiger charge is 2.24. The molecule has 18 heavy (non-hydrogen) atoms. The van der Waals surface area contributed by atoms with E-state index >= 15 is 0 Å². The number of nitrogens with one attached hydrogen (secondary N) is 2. The number of H-pyrrole nitrogens is 1. The average molecular weight is 250 g/mol. The van der Waals surface area contributed by atoms with Crippen LogP contribution in [-0.4, -0.2) is 30.1 Å². The minimum atomic E-state index is 0.0343. The van der Waals surface area contributed by atoms with E-state index in [9.17, 15) is 4.79 Å². The molecule has 100 valence electrons. The van der Waals surface area contributed by atoms with Crippen LogP contribution in [0.25, 0.3) is 0 Å². The molecule has 0 spiro atoms. The van der Waals surface area contributed by atoms with Crippen molar-refractivity contribution in [1.82, 2.24) is 10.3 Å². The van der Waals surface area contributed by atoms with E-state index in [1.54, 1.807) is 6.20 Å². The SMILES string of the molecule is CC[C@@H](NC(=O)c1cc[nH]c1C)C1CCOCC1. The van der Waals surface area contributed by atoms with Gasteiger partial charge in [0.1, 0.15) is 0 Å². The third kappa shape index (κ3) is 2.93. The second-order valence-electron chi connectivity index (χ2n) is 4.95. The quantitative estimate of drug-likeness (QED) is 0.861. The van der Waals surface area contributed by atoms with Crippen LogP contribution in [-0.2, 0) is 4.74 Å². The highest BCUT2D eigenvalue weighted by molar-refractivity contribution is 5.95. The van der Waals surface area contributed by atoms with Crippen LogP contribution in [0, 0.1) is 12.8 Å². The van der Waals surface area contributed by atoms with Gasteiger partial charge < -0.3 is 15.0 Å². The maximum Gasteiger partial charge on any atom is 0.253 e. The number of carbonyl (C=O) groups excluding carboxylic acids is 1. The molecule has 1 fully saturated rings. The highest BCUT2D eigenvalue weighted by Crippen LogP contribution is 2.21. The monoisotopic (exact) mass is 250 g/mol. The molecule has 0 saturated carbocycles. The fourth-order valence-corrected chi connectivity index (χ4v) is 2.62. The lowest BCUT2D eigenvalue weighted by Crippen LogP contribution is -2.42. The molecule has 1 aromatic rings. The van der Waals surface area contributed by atoms with Gasteiger partial charge in [-0.05, 0) is 38.2 Å². The Labute approximate surface area is 108 Å². The van der Waals surface area contributed by atoms with E-state index in [0.29, 0.717) is 5.92 Å². The highest BCUT2D eigenvalue weighted by atomic mass is 16.5. The van der Waals surface area contributed by atoms with Crippen molar-refractivity contribution in [3.05, 3.63) is 23.5 Å². The number of amides is 1. The van der Waals surface area contributed by atoms with Gasteiger partial charge in [0.25, 0.3) is 5.91 Å². The van der Waals surface area contributed by atoms with Crippen molar-refractivity contribution in [1.29, 1.82) is 0 Å². The summed E-state index contributed by atoms with van der Waals surface area (Å²) in [6.45, 7) is 5.69. The van der Waals surface area contributed by atoms with Crippen molar-refractivity contribution in [2.24, 2.45) is 5.92 Å². The molecule has 1 aliphatic heterocycles. The molecule has 0 aliphatic carbocycles. The number of ether oxygens (including phenoxy) is 1. The summed E-state index contributed by atoms with van der Waals surface area (Å²) in [6, 6.07) is 2.09. The number of aryl methyl sites for hydroxylation is 1. The third-order valence-electron chi connectivity index (χ3n) is 3.79. The Morgan fingerprint density at radius 1 is 1.56 bits per heavy atom. The van der Waals surface area contributed by atoms with E-state index < -0.39 is 0 Å². The summed E-state index contributed by atoms with van der Waals surface area (Å²) in [5.74, 6) is 0.582. The van der Waals surface area contributed by atoms with Gasteiger partial charge in [-0.3, -0.25) is 4.79 Å². The topological polar surface area (TPSA) is 54.1 Å². The molecule has 4 heteroatoms. The largest absolute Gasteiger partial charge is 0.381 e. The summed E-state index contributed by atoms with van der Waals surface area (Å²) in [5.41, 5.74) is 1.68. The first kappa shape index (κ1) is 13.1. The lowest BCUT2D eigenvalue weighted by molar-refractivity contribution is 0.0510. The van der Waals surface area contributed by atoms with Crippen molar-refractivity contribution >= 4 is 5.91 Å². The van der Waals surface area contributed by atoms with Gasteiger partial charge in [-0.25, -0.2) is 0 Å². The minimum absolute atomic E-state index is 0.0343. The summed E-state index contributed by atoms with van der Waals surface area (Å²) >= 11 is 0. The zero-order valence-electron chi connectivity index (χ0n) is 11.2. The molecule has 0 unspecified atom stereocenters. The van der Waals surface area contributed by atoms with Crippen LogP contribution in [0.2, 0.25) is 0 Å². The van der Waals surface area contributed by atoms with Gasteiger partial charge >= 0.3 is 0 Å². The third-order valence-corrected chi connectivity index (χ3v) is 3.79. The predicted octanol–water partition coefficient (Wildman–Crippen LogP) is 2.26. The van der Waals surface area contributed by atoms with Crippen LogP contribution in [0.3, 0.4) is 0 Å². The summed E-state index contributed by atoms with van der Waals surface area (Å²) in [5, 5.41) is 3.17. The van der Waals surface area contributed by atoms with E-state index in [1.807, 2.05) is 13.0 Å². The smallest absolute Gasteiger partial charge is 0.253 e. The maximum atomic E-state index is 12.2. The number of rotatable bonds is 4. The Bertz CT molecular complexity index is 394. The van der Waals surface area contributed by atoms with E-state index in [4.69, 9.17) is 4.74 Å². The number of hydrogen-bond donors (Lipinski definition) is 2. The Morgan fingerprint density at radius 2 is 2.28 bits per heavy atom. The van der Waals surface area contributed by atoms with Crippen molar-refractivity contribution < 1.29 is 9.53 Å². The van der Waals surface area contributed by atoms with Crippen molar-refractivity contribution in [3.8, 4) is 0 Å². The van der Waals surface area contributed by atoms with E-state index in [2.05, 4.69) is 17.2 Å². The Balaban J connectivity index is 1.97. The predicted molar refractivity (Wildman–Crippen MR) is 70.6 cm³/mol. The first-order valence-electron chi connectivity index (χ1n) is 6.75. The first-order valence-corrected chi connectivity index (χ1v) is 6.75. The van der Waals surface area contributed by atoms with Crippen molar-refractivity contribution in [3.63, 3.8) is 0 Å². The van der Waals surface area contributed by atoms with Crippen LogP contribution < -0.4 is 5.32 Å². The Morgan fingerprint density at radius 3 is 2.83 bits per heavy atom. The average Bonchev–Trinajstić information content (AvgIpc) is 2.83. The van der Waals surface area contributed by atoms with Gasteiger partial charge in [0.05, 0.1) is 5.56 Å². The fraction of sp³-hybridized carbons (Fsp3) is 0.643. The number of hydrogen-bond acceptors (Lipinski definition) is 2. The molecule has 2 rings (SSSR count). The Hall–Kier alpha value is -1.29. The molecule has 1 amide bonds. The van der Waals surface area contributed by atoms with E-state index in [0.717, 1.165) is 43.7 Å². The molecular formula is C14H22N2O2. The van der Waals surface area contributed by atoms with Crippen LogP contribution in [0.5, 0.6) is 0 Å².